The lowest BCUT2D eigenvalue weighted by molar-refractivity contribution is -0.118. The summed E-state index contributed by atoms with van der Waals surface area (Å²) in [5.41, 5.74) is 1.83. The second kappa shape index (κ2) is 4.50. The third kappa shape index (κ3) is 1.82. The molecule has 4 aliphatic carbocycles. The number of epoxide rings is 1. The summed E-state index contributed by atoms with van der Waals surface area (Å²) < 4.78 is 5.91. The zero-order chi connectivity index (χ0) is 16.0. The number of rotatable bonds is 1. The third-order valence-corrected chi connectivity index (χ3v) is 8.87. The number of allylic oxidation sites excluding steroid dienone is 2. The molecule has 0 amide bonds. The van der Waals surface area contributed by atoms with Crippen LogP contribution in [-0.2, 0) is 9.53 Å². The van der Waals surface area contributed by atoms with Gasteiger partial charge in [-0.05, 0) is 91.9 Å². The third-order valence-electron chi connectivity index (χ3n) is 8.87. The first-order valence-electron chi connectivity index (χ1n) is 9.80. The lowest BCUT2D eigenvalue weighted by Gasteiger charge is -2.59. The molecule has 5 aliphatic rings. The van der Waals surface area contributed by atoms with Gasteiger partial charge in [0.2, 0.25) is 0 Å². The van der Waals surface area contributed by atoms with E-state index in [1.807, 2.05) is 0 Å². The fraction of sp³-hybridized carbons (Fsp3) is 0.857. The molecule has 0 aromatic heterocycles. The Morgan fingerprint density at radius 1 is 1.17 bits per heavy atom. The van der Waals surface area contributed by atoms with E-state index < -0.39 is 0 Å². The number of carbonyl (C=O) groups excluding carboxylic acids is 1. The Morgan fingerprint density at radius 3 is 2.78 bits per heavy atom. The minimum Gasteiger partial charge on any atom is -0.370 e. The highest BCUT2D eigenvalue weighted by atomic mass is 16.6. The van der Waals surface area contributed by atoms with Gasteiger partial charge in [-0.3, -0.25) is 4.79 Å². The standard InChI is InChI=1S/C21H30O2/c1-12(22)15-6-7-16-14-5-4-13-10-18-19(23-18)11-21(13,3)17(14)8-9-20(15,16)2/h6,13-14,16-19H,4-5,7-11H2,1-3H3/t13-,14-,16-,17-,18-,19+,20+,21-/m0/s1. The van der Waals surface area contributed by atoms with Crippen molar-refractivity contribution in [1.29, 1.82) is 0 Å². The van der Waals surface area contributed by atoms with E-state index in [1.54, 1.807) is 6.92 Å². The summed E-state index contributed by atoms with van der Waals surface area (Å²) in [6.45, 7) is 6.75. The van der Waals surface area contributed by atoms with E-state index >= 15 is 0 Å². The van der Waals surface area contributed by atoms with Crippen LogP contribution in [0.4, 0.5) is 0 Å². The molecule has 0 aromatic rings. The van der Waals surface area contributed by atoms with Crippen LogP contribution in [0.3, 0.4) is 0 Å². The summed E-state index contributed by atoms with van der Waals surface area (Å²) in [5, 5.41) is 0. The Bertz CT molecular complexity index is 593. The van der Waals surface area contributed by atoms with E-state index in [0.29, 0.717) is 23.4 Å². The predicted molar refractivity (Wildman–Crippen MR) is 89.9 cm³/mol. The molecule has 4 fully saturated rings. The maximum Gasteiger partial charge on any atom is 0.156 e. The normalized spacial score (nSPS) is 56.7. The van der Waals surface area contributed by atoms with Crippen LogP contribution in [0.15, 0.2) is 11.6 Å². The van der Waals surface area contributed by atoms with E-state index in [-0.39, 0.29) is 5.41 Å². The molecule has 126 valence electrons. The number of ether oxygens (including phenoxy) is 1. The van der Waals surface area contributed by atoms with E-state index in [9.17, 15) is 4.79 Å². The average molecular weight is 314 g/mol. The van der Waals surface area contributed by atoms with Crippen molar-refractivity contribution >= 4 is 5.78 Å². The summed E-state index contributed by atoms with van der Waals surface area (Å²) in [7, 11) is 0. The minimum absolute atomic E-state index is 0.170. The quantitative estimate of drug-likeness (QED) is 0.665. The summed E-state index contributed by atoms with van der Waals surface area (Å²) in [4.78, 5) is 12.1. The highest BCUT2D eigenvalue weighted by Gasteiger charge is 2.62. The van der Waals surface area contributed by atoms with E-state index in [1.165, 1.54) is 38.5 Å². The van der Waals surface area contributed by atoms with Crippen molar-refractivity contribution in [1.82, 2.24) is 0 Å². The summed E-state index contributed by atoms with van der Waals surface area (Å²) >= 11 is 0. The van der Waals surface area contributed by atoms with Gasteiger partial charge >= 0.3 is 0 Å². The van der Waals surface area contributed by atoms with Crippen molar-refractivity contribution in [2.45, 2.75) is 77.9 Å². The van der Waals surface area contributed by atoms with Gasteiger partial charge in [0.05, 0.1) is 12.2 Å². The number of hydrogen-bond acceptors (Lipinski definition) is 2. The number of carbonyl (C=O) groups is 1. The second-order valence-corrected chi connectivity index (χ2v) is 9.68. The van der Waals surface area contributed by atoms with E-state index in [4.69, 9.17) is 4.74 Å². The van der Waals surface area contributed by atoms with Crippen molar-refractivity contribution < 1.29 is 9.53 Å². The molecular weight excluding hydrogens is 284 g/mol. The molecule has 0 radical (unpaired) electrons. The van der Waals surface area contributed by atoms with Gasteiger partial charge in [-0.1, -0.05) is 19.9 Å². The molecule has 5 rings (SSSR count). The average Bonchev–Trinajstić information content (AvgIpc) is 3.13. The topological polar surface area (TPSA) is 29.6 Å². The zero-order valence-electron chi connectivity index (χ0n) is 14.8. The molecule has 1 heterocycles. The zero-order valence-corrected chi connectivity index (χ0v) is 14.8. The van der Waals surface area contributed by atoms with Gasteiger partial charge in [-0.25, -0.2) is 0 Å². The van der Waals surface area contributed by atoms with Crippen LogP contribution in [0.25, 0.3) is 0 Å². The van der Waals surface area contributed by atoms with Gasteiger partial charge in [0, 0.05) is 0 Å². The maximum atomic E-state index is 12.1. The Hall–Kier alpha value is -0.630. The first kappa shape index (κ1) is 14.7. The van der Waals surface area contributed by atoms with Crippen LogP contribution >= 0.6 is 0 Å². The van der Waals surface area contributed by atoms with Crippen LogP contribution in [0.2, 0.25) is 0 Å². The highest BCUT2D eigenvalue weighted by Crippen LogP contribution is 2.67. The fourth-order valence-corrected chi connectivity index (χ4v) is 7.63. The number of ketones is 1. The molecule has 1 aliphatic heterocycles. The Morgan fingerprint density at radius 2 is 2.00 bits per heavy atom. The smallest absolute Gasteiger partial charge is 0.156 e. The van der Waals surface area contributed by atoms with Crippen molar-refractivity contribution in [3.63, 3.8) is 0 Å². The molecule has 8 atom stereocenters. The van der Waals surface area contributed by atoms with Gasteiger partial charge in [0.1, 0.15) is 0 Å². The number of hydrogen-bond donors (Lipinski definition) is 0. The Kier molecular flexibility index (Phi) is 2.88. The van der Waals surface area contributed by atoms with Crippen molar-refractivity contribution in [2.24, 2.45) is 34.5 Å². The van der Waals surface area contributed by atoms with Gasteiger partial charge in [-0.15, -0.1) is 0 Å². The molecule has 3 saturated carbocycles. The van der Waals surface area contributed by atoms with Gasteiger partial charge in [0.25, 0.3) is 0 Å². The molecule has 0 N–H and O–H groups in total. The fourth-order valence-electron chi connectivity index (χ4n) is 7.63. The molecule has 0 unspecified atom stereocenters. The first-order valence-corrected chi connectivity index (χ1v) is 9.80. The lowest BCUT2D eigenvalue weighted by Crippen LogP contribution is -2.53. The van der Waals surface area contributed by atoms with Crippen molar-refractivity contribution in [2.75, 3.05) is 0 Å². The number of fused-ring (bicyclic) bond motifs is 6. The predicted octanol–water partition coefficient (Wildman–Crippen LogP) is 4.53. The summed E-state index contributed by atoms with van der Waals surface area (Å²) in [5.74, 6) is 3.62. The van der Waals surface area contributed by atoms with Crippen LogP contribution < -0.4 is 0 Å². The molecule has 23 heavy (non-hydrogen) atoms. The van der Waals surface area contributed by atoms with E-state index in [2.05, 4.69) is 19.9 Å². The van der Waals surface area contributed by atoms with Gasteiger partial charge < -0.3 is 4.74 Å². The summed E-state index contributed by atoms with van der Waals surface area (Å²) in [6, 6.07) is 0. The van der Waals surface area contributed by atoms with Crippen LogP contribution in [0, 0.1) is 34.5 Å². The van der Waals surface area contributed by atoms with Gasteiger partial charge in [0.15, 0.2) is 5.78 Å². The Balaban J connectivity index is 1.46. The van der Waals surface area contributed by atoms with Crippen LogP contribution in [0.5, 0.6) is 0 Å². The lowest BCUT2D eigenvalue weighted by atomic mass is 9.45. The van der Waals surface area contributed by atoms with Gasteiger partial charge in [-0.2, -0.15) is 0 Å². The molecular formula is C21H30O2. The van der Waals surface area contributed by atoms with Crippen molar-refractivity contribution in [3.05, 3.63) is 11.6 Å². The monoisotopic (exact) mass is 314 g/mol. The molecule has 0 bridgehead atoms. The number of Topliss-reactive ketones (excluding diaryl/α,β-unsaturated/α-hetero) is 1. The second-order valence-electron chi connectivity index (χ2n) is 9.68. The van der Waals surface area contributed by atoms with Crippen LogP contribution in [0.1, 0.15) is 65.7 Å². The molecule has 0 spiro atoms. The molecule has 2 nitrogen and oxygen atoms in total. The van der Waals surface area contributed by atoms with Crippen LogP contribution in [-0.4, -0.2) is 18.0 Å². The summed E-state index contributed by atoms with van der Waals surface area (Å²) in [6.07, 6.45) is 12.6. The minimum atomic E-state index is 0.170. The molecule has 0 aromatic carbocycles. The molecule has 1 saturated heterocycles. The maximum absolute atomic E-state index is 12.1. The SMILES string of the molecule is CC(=O)C1=CC[C@H]2[C@@H]3CC[C@H]4C[C@@H]5O[C@@H]5C[C@]4(C)[C@H]3CC[C@]12C. The highest BCUT2D eigenvalue weighted by molar-refractivity contribution is 5.95. The Labute approximate surface area is 140 Å². The first-order chi connectivity index (χ1) is 10.9. The largest absolute Gasteiger partial charge is 0.370 e. The molecule has 2 heteroatoms. The van der Waals surface area contributed by atoms with Crippen molar-refractivity contribution in [3.8, 4) is 0 Å². The van der Waals surface area contributed by atoms with E-state index in [0.717, 1.165) is 35.7 Å².